The number of hydrogen-bond donors (Lipinski definition) is 2. The van der Waals surface area contributed by atoms with E-state index < -0.39 is 5.97 Å². The molecular weight excluding hydrogens is 200 g/mol. The number of H-pyrrole nitrogens is 1. The molecule has 2 N–H and O–H groups in total. The lowest BCUT2D eigenvalue weighted by Gasteiger charge is -1.90. The average Bonchev–Trinajstić information content (AvgIpc) is 2.67. The van der Waals surface area contributed by atoms with E-state index in [2.05, 4.69) is 17.1 Å². The Morgan fingerprint density at radius 1 is 1.71 bits per heavy atom. The second kappa shape index (κ2) is 3.42. The van der Waals surface area contributed by atoms with Crippen LogP contribution in [0.4, 0.5) is 0 Å². The maximum Gasteiger partial charge on any atom is 0.345 e. The summed E-state index contributed by atoms with van der Waals surface area (Å²) in [5.74, 6) is -0.879. The molecule has 0 radical (unpaired) electrons. The summed E-state index contributed by atoms with van der Waals surface area (Å²) < 4.78 is 0. The average molecular weight is 210 g/mol. The monoisotopic (exact) mass is 210 g/mol. The Kier molecular flexibility index (Phi) is 2.25. The maximum atomic E-state index is 10.7. The molecule has 0 amide bonds. The molecule has 2 aromatic rings. The highest BCUT2D eigenvalue weighted by molar-refractivity contribution is 7.20. The molecule has 0 bridgehead atoms. The molecule has 0 fully saturated rings. The van der Waals surface area contributed by atoms with E-state index in [9.17, 15) is 4.79 Å². The zero-order valence-corrected chi connectivity index (χ0v) is 8.52. The highest BCUT2D eigenvalue weighted by atomic mass is 32.1. The Hall–Kier alpha value is -1.36. The van der Waals surface area contributed by atoms with Crippen molar-refractivity contribution >= 4 is 27.5 Å². The molecule has 0 atom stereocenters. The molecule has 74 valence electrons. The Bertz CT molecular complexity index is 472. The van der Waals surface area contributed by atoms with Crippen LogP contribution in [0.5, 0.6) is 0 Å². The number of hydrogen-bond acceptors (Lipinski definition) is 3. The van der Waals surface area contributed by atoms with Crippen molar-refractivity contribution in [1.29, 1.82) is 0 Å². The van der Waals surface area contributed by atoms with E-state index >= 15 is 0 Å². The van der Waals surface area contributed by atoms with E-state index in [-0.39, 0.29) is 0 Å². The molecule has 14 heavy (non-hydrogen) atoms. The summed E-state index contributed by atoms with van der Waals surface area (Å²) in [6.07, 6.45) is 1.93. The first-order valence-corrected chi connectivity index (χ1v) is 5.24. The number of carboxylic acids is 1. The summed E-state index contributed by atoms with van der Waals surface area (Å²) in [6, 6.07) is 1.69. The summed E-state index contributed by atoms with van der Waals surface area (Å²) in [6.45, 7) is 2.08. The lowest BCUT2D eigenvalue weighted by Crippen LogP contribution is -1.90. The molecule has 4 nitrogen and oxygen atoms in total. The fraction of sp³-hybridized carbons (Fsp3) is 0.333. The largest absolute Gasteiger partial charge is 0.477 e. The topological polar surface area (TPSA) is 66.0 Å². The van der Waals surface area contributed by atoms with Gasteiger partial charge in [0.05, 0.1) is 0 Å². The molecule has 2 rings (SSSR count). The Morgan fingerprint density at radius 2 is 2.50 bits per heavy atom. The van der Waals surface area contributed by atoms with Gasteiger partial charge in [0.2, 0.25) is 0 Å². The molecule has 5 heteroatoms. The maximum absolute atomic E-state index is 10.7. The number of nitrogens with zero attached hydrogens (tertiary/aromatic N) is 1. The van der Waals surface area contributed by atoms with Crippen molar-refractivity contribution in [1.82, 2.24) is 10.2 Å². The van der Waals surface area contributed by atoms with Crippen LogP contribution in [-0.4, -0.2) is 21.3 Å². The standard InChI is InChI=1S/C9H10N2O2S/c1-2-3-6-5-4-7(9(12)13)14-8(5)11-10-6/h4H,2-3H2,1H3,(H,10,11)(H,12,13). The number of aromatic carboxylic acids is 1. The molecule has 2 aromatic heterocycles. The highest BCUT2D eigenvalue weighted by Crippen LogP contribution is 2.26. The number of carbonyl (C=O) groups is 1. The van der Waals surface area contributed by atoms with Crippen molar-refractivity contribution in [3.8, 4) is 0 Å². The predicted octanol–water partition coefficient (Wildman–Crippen LogP) is 2.28. The molecule has 0 saturated heterocycles. The van der Waals surface area contributed by atoms with Gasteiger partial charge >= 0.3 is 5.97 Å². The van der Waals surface area contributed by atoms with Crippen LogP contribution in [0.3, 0.4) is 0 Å². The lowest BCUT2D eigenvalue weighted by molar-refractivity contribution is 0.0702. The second-order valence-corrected chi connectivity index (χ2v) is 4.12. The molecular formula is C9H10N2O2S. The molecule has 0 aliphatic heterocycles. The second-order valence-electron chi connectivity index (χ2n) is 3.09. The summed E-state index contributed by atoms with van der Waals surface area (Å²) in [7, 11) is 0. The number of aryl methyl sites for hydroxylation is 1. The van der Waals surface area contributed by atoms with Crippen molar-refractivity contribution in [2.75, 3.05) is 0 Å². The number of carboxylic acid groups (broad SMARTS) is 1. The van der Waals surface area contributed by atoms with Gasteiger partial charge in [-0.15, -0.1) is 11.3 Å². The van der Waals surface area contributed by atoms with E-state index in [0.29, 0.717) is 4.88 Å². The van der Waals surface area contributed by atoms with Crippen molar-refractivity contribution in [3.05, 3.63) is 16.6 Å². The van der Waals surface area contributed by atoms with Gasteiger partial charge in [-0.05, 0) is 12.5 Å². The Labute approximate surface area is 84.6 Å². The van der Waals surface area contributed by atoms with Gasteiger partial charge in [-0.3, -0.25) is 5.10 Å². The molecule has 0 aliphatic rings. The summed E-state index contributed by atoms with van der Waals surface area (Å²) >= 11 is 1.21. The van der Waals surface area contributed by atoms with Gasteiger partial charge in [0, 0.05) is 11.1 Å². The molecule has 0 saturated carbocycles. The zero-order valence-electron chi connectivity index (χ0n) is 7.70. The van der Waals surface area contributed by atoms with Crippen molar-refractivity contribution in [3.63, 3.8) is 0 Å². The smallest absolute Gasteiger partial charge is 0.345 e. The van der Waals surface area contributed by atoms with Gasteiger partial charge in [-0.2, -0.15) is 5.10 Å². The van der Waals surface area contributed by atoms with Crippen LogP contribution in [-0.2, 0) is 6.42 Å². The summed E-state index contributed by atoms with van der Waals surface area (Å²) in [5, 5.41) is 16.7. The first-order chi connectivity index (χ1) is 6.72. The minimum Gasteiger partial charge on any atom is -0.477 e. The van der Waals surface area contributed by atoms with Crippen molar-refractivity contribution < 1.29 is 9.90 Å². The quantitative estimate of drug-likeness (QED) is 0.816. The van der Waals surface area contributed by atoms with Crippen LogP contribution in [0.15, 0.2) is 6.07 Å². The Balaban J connectivity index is 2.50. The number of thiophene rings is 1. The third-order valence-corrected chi connectivity index (χ3v) is 3.06. The third kappa shape index (κ3) is 1.39. The van der Waals surface area contributed by atoms with E-state index in [4.69, 9.17) is 5.11 Å². The number of aromatic nitrogens is 2. The van der Waals surface area contributed by atoms with Gasteiger partial charge < -0.3 is 5.11 Å². The van der Waals surface area contributed by atoms with E-state index in [0.717, 1.165) is 28.8 Å². The number of fused-ring (bicyclic) bond motifs is 1. The Morgan fingerprint density at radius 3 is 3.14 bits per heavy atom. The molecule has 0 aliphatic carbocycles. The fourth-order valence-electron chi connectivity index (χ4n) is 1.41. The van der Waals surface area contributed by atoms with Crippen molar-refractivity contribution in [2.45, 2.75) is 19.8 Å². The van der Waals surface area contributed by atoms with Crippen LogP contribution in [0.1, 0.15) is 28.7 Å². The van der Waals surface area contributed by atoms with Gasteiger partial charge in [0.25, 0.3) is 0 Å². The van der Waals surface area contributed by atoms with E-state index in [1.54, 1.807) is 6.07 Å². The normalized spacial score (nSPS) is 10.9. The highest BCUT2D eigenvalue weighted by Gasteiger charge is 2.13. The number of rotatable bonds is 3. The SMILES string of the molecule is CCCc1[nH]nc2sc(C(=O)O)cc12. The predicted molar refractivity (Wildman–Crippen MR) is 54.9 cm³/mol. The molecule has 0 unspecified atom stereocenters. The van der Waals surface area contributed by atoms with Crippen LogP contribution in [0.2, 0.25) is 0 Å². The fourth-order valence-corrected chi connectivity index (χ4v) is 2.26. The zero-order chi connectivity index (χ0) is 10.1. The summed E-state index contributed by atoms with van der Waals surface area (Å²) in [5.41, 5.74) is 1.03. The molecule has 2 heterocycles. The summed E-state index contributed by atoms with van der Waals surface area (Å²) in [4.78, 5) is 11.8. The number of aromatic amines is 1. The number of nitrogens with one attached hydrogen (secondary N) is 1. The van der Waals surface area contributed by atoms with Crippen LogP contribution >= 0.6 is 11.3 Å². The minimum absolute atomic E-state index is 0.355. The van der Waals surface area contributed by atoms with Crippen molar-refractivity contribution in [2.24, 2.45) is 0 Å². The first-order valence-electron chi connectivity index (χ1n) is 4.42. The van der Waals surface area contributed by atoms with E-state index in [1.165, 1.54) is 11.3 Å². The van der Waals surface area contributed by atoms with Gasteiger partial charge in [0.15, 0.2) is 0 Å². The molecule has 0 spiro atoms. The van der Waals surface area contributed by atoms with Gasteiger partial charge in [-0.25, -0.2) is 4.79 Å². The van der Waals surface area contributed by atoms with Crippen LogP contribution < -0.4 is 0 Å². The third-order valence-electron chi connectivity index (χ3n) is 2.04. The first kappa shape index (κ1) is 9.21. The van der Waals surface area contributed by atoms with Gasteiger partial charge in [0.1, 0.15) is 9.71 Å². The van der Waals surface area contributed by atoms with Crippen LogP contribution in [0, 0.1) is 0 Å². The molecule has 0 aromatic carbocycles. The van der Waals surface area contributed by atoms with E-state index in [1.807, 2.05) is 0 Å². The van der Waals surface area contributed by atoms with Gasteiger partial charge in [-0.1, -0.05) is 13.3 Å². The minimum atomic E-state index is -0.879. The van der Waals surface area contributed by atoms with Crippen LogP contribution in [0.25, 0.3) is 10.2 Å². The lowest BCUT2D eigenvalue weighted by atomic mass is 10.2.